The monoisotopic (exact) mass is 311 g/mol. The molecule has 0 aromatic heterocycles. The molecule has 7 heteroatoms. The third-order valence-electron chi connectivity index (χ3n) is 3.04. The zero-order valence-electron chi connectivity index (χ0n) is 13.2. The van der Waals surface area contributed by atoms with Crippen molar-refractivity contribution < 1.29 is 28.9 Å². The number of hydrogen-bond acceptors (Lipinski definition) is 5. The molecule has 0 saturated heterocycles. The van der Waals surface area contributed by atoms with Crippen LogP contribution in [0, 0.1) is 0 Å². The molecule has 0 fully saturated rings. The van der Waals surface area contributed by atoms with E-state index in [1.807, 2.05) is 6.92 Å². The largest absolute Gasteiger partial charge is 0.493 e. The van der Waals surface area contributed by atoms with E-state index in [2.05, 4.69) is 0 Å². The molecule has 0 spiro atoms. The van der Waals surface area contributed by atoms with Gasteiger partial charge in [0, 0.05) is 6.54 Å². The Morgan fingerprint density at radius 3 is 2.18 bits per heavy atom. The molecular weight excluding hydrogens is 290 g/mol. The molecule has 0 aliphatic rings. The van der Waals surface area contributed by atoms with Crippen LogP contribution in [0.3, 0.4) is 0 Å². The highest BCUT2D eigenvalue weighted by molar-refractivity contribution is 5.99. The Labute approximate surface area is 129 Å². The van der Waals surface area contributed by atoms with E-state index in [9.17, 15) is 9.59 Å². The topological polar surface area (TPSA) is 85.3 Å². The zero-order chi connectivity index (χ0) is 16.7. The average molecular weight is 311 g/mol. The number of aliphatic carboxylic acids is 1. The van der Waals surface area contributed by atoms with Crippen molar-refractivity contribution in [1.82, 2.24) is 4.90 Å². The summed E-state index contributed by atoms with van der Waals surface area (Å²) in [4.78, 5) is 24.8. The number of nitrogens with zero attached hydrogens (tertiary/aromatic N) is 1. The van der Waals surface area contributed by atoms with Gasteiger partial charge in [0.1, 0.15) is 6.54 Å². The Kier molecular flexibility index (Phi) is 6.49. The van der Waals surface area contributed by atoms with Crippen LogP contribution in [0.5, 0.6) is 17.2 Å². The van der Waals surface area contributed by atoms with Crippen molar-refractivity contribution in [3.63, 3.8) is 0 Å². The summed E-state index contributed by atoms with van der Waals surface area (Å²) in [6.45, 7) is 1.83. The van der Waals surface area contributed by atoms with Crippen LogP contribution in [0.15, 0.2) is 12.1 Å². The van der Waals surface area contributed by atoms with Crippen molar-refractivity contribution in [2.75, 3.05) is 34.4 Å². The predicted octanol–water partition coefficient (Wildman–Crippen LogP) is 1.65. The second-order valence-corrected chi connectivity index (χ2v) is 4.50. The molecule has 7 nitrogen and oxygen atoms in total. The third-order valence-corrected chi connectivity index (χ3v) is 3.04. The first kappa shape index (κ1) is 17.6. The highest BCUT2D eigenvalue weighted by Crippen LogP contribution is 2.40. The van der Waals surface area contributed by atoms with Crippen LogP contribution in [0.25, 0.3) is 0 Å². The quantitative estimate of drug-likeness (QED) is 0.785. The summed E-state index contributed by atoms with van der Waals surface area (Å²) < 4.78 is 15.7. The molecule has 122 valence electrons. The lowest BCUT2D eigenvalue weighted by Gasteiger charge is -2.22. The van der Waals surface area contributed by atoms with Gasteiger partial charge in [0.15, 0.2) is 11.5 Å². The lowest BCUT2D eigenvalue weighted by molar-refractivity contribution is -0.137. The number of methoxy groups -OCH3 is 3. The molecular formula is C15H21NO6. The number of ether oxygens (including phenoxy) is 3. The summed E-state index contributed by atoms with van der Waals surface area (Å²) in [6, 6.07) is 3.12. The van der Waals surface area contributed by atoms with Crippen LogP contribution >= 0.6 is 0 Å². The molecule has 1 aromatic carbocycles. The van der Waals surface area contributed by atoms with E-state index in [0.29, 0.717) is 24.5 Å². The maximum atomic E-state index is 12.6. The molecule has 0 heterocycles. The molecule has 0 atom stereocenters. The van der Waals surface area contributed by atoms with Gasteiger partial charge in [-0.2, -0.15) is 0 Å². The molecule has 1 aromatic rings. The first-order chi connectivity index (χ1) is 10.5. The van der Waals surface area contributed by atoms with E-state index >= 15 is 0 Å². The first-order valence-corrected chi connectivity index (χ1v) is 6.80. The Hall–Kier alpha value is -2.44. The van der Waals surface area contributed by atoms with Gasteiger partial charge in [0.2, 0.25) is 5.75 Å². The minimum Gasteiger partial charge on any atom is -0.493 e. The minimum atomic E-state index is -1.07. The standard InChI is InChI=1S/C15H21NO6/c1-5-8-16(9-12(17)18)15(19)10-6-7-11(20-2)14(22-4)13(10)21-3/h6-7H,5,8-9H2,1-4H3,(H,17,18). The molecule has 22 heavy (non-hydrogen) atoms. The van der Waals surface area contributed by atoms with E-state index in [1.54, 1.807) is 6.07 Å². The molecule has 0 unspecified atom stereocenters. The van der Waals surface area contributed by atoms with Crippen molar-refractivity contribution in [3.05, 3.63) is 17.7 Å². The number of carboxylic acids is 1. The SMILES string of the molecule is CCCN(CC(=O)O)C(=O)c1ccc(OC)c(OC)c1OC. The van der Waals surface area contributed by atoms with Gasteiger partial charge in [0.25, 0.3) is 5.91 Å². The number of amides is 1. The summed E-state index contributed by atoms with van der Waals surface area (Å²) in [6.07, 6.45) is 0.647. The van der Waals surface area contributed by atoms with E-state index in [-0.39, 0.29) is 17.9 Å². The molecule has 0 aliphatic heterocycles. The van der Waals surface area contributed by atoms with Crippen molar-refractivity contribution in [1.29, 1.82) is 0 Å². The van der Waals surface area contributed by atoms with Crippen molar-refractivity contribution in [3.8, 4) is 17.2 Å². The maximum Gasteiger partial charge on any atom is 0.323 e. The second kappa shape index (κ2) is 8.11. The van der Waals surface area contributed by atoms with Crippen LogP contribution in [0.1, 0.15) is 23.7 Å². The molecule has 0 aliphatic carbocycles. The average Bonchev–Trinajstić information content (AvgIpc) is 2.51. The maximum absolute atomic E-state index is 12.6. The number of rotatable bonds is 8. The molecule has 0 bridgehead atoms. The van der Waals surface area contributed by atoms with E-state index < -0.39 is 11.9 Å². The normalized spacial score (nSPS) is 10.0. The fourth-order valence-electron chi connectivity index (χ4n) is 2.13. The number of benzene rings is 1. The van der Waals surface area contributed by atoms with Crippen LogP contribution < -0.4 is 14.2 Å². The van der Waals surface area contributed by atoms with Gasteiger partial charge in [-0.15, -0.1) is 0 Å². The van der Waals surface area contributed by atoms with Crippen LogP contribution in [0.4, 0.5) is 0 Å². The Morgan fingerprint density at radius 1 is 1.09 bits per heavy atom. The van der Waals surface area contributed by atoms with Gasteiger partial charge >= 0.3 is 5.97 Å². The smallest absolute Gasteiger partial charge is 0.323 e. The van der Waals surface area contributed by atoms with Gasteiger partial charge in [-0.1, -0.05) is 6.92 Å². The summed E-state index contributed by atoms with van der Waals surface area (Å²) in [5.74, 6) is -0.555. The molecule has 0 radical (unpaired) electrons. The van der Waals surface area contributed by atoms with Crippen molar-refractivity contribution in [2.24, 2.45) is 0 Å². The molecule has 1 rings (SSSR count). The summed E-state index contributed by atoms with van der Waals surface area (Å²) >= 11 is 0. The number of carbonyl (C=O) groups excluding carboxylic acids is 1. The summed E-state index contributed by atoms with van der Waals surface area (Å²) in [5.41, 5.74) is 0.231. The van der Waals surface area contributed by atoms with Gasteiger partial charge in [-0.3, -0.25) is 9.59 Å². The lowest BCUT2D eigenvalue weighted by Crippen LogP contribution is -2.36. The minimum absolute atomic E-state index is 0.221. The Balaban J connectivity index is 3.28. The van der Waals surface area contributed by atoms with Gasteiger partial charge < -0.3 is 24.2 Å². The molecule has 0 saturated carbocycles. The van der Waals surface area contributed by atoms with E-state index in [1.165, 1.54) is 32.3 Å². The van der Waals surface area contributed by atoms with Crippen LogP contribution in [-0.4, -0.2) is 56.3 Å². The summed E-state index contributed by atoms with van der Waals surface area (Å²) in [7, 11) is 4.33. The fraction of sp³-hybridized carbons (Fsp3) is 0.467. The summed E-state index contributed by atoms with van der Waals surface area (Å²) in [5, 5.41) is 8.95. The number of carbonyl (C=O) groups is 2. The second-order valence-electron chi connectivity index (χ2n) is 4.50. The molecule has 1 N–H and O–H groups in total. The zero-order valence-corrected chi connectivity index (χ0v) is 13.2. The highest BCUT2D eigenvalue weighted by Gasteiger charge is 2.25. The van der Waals surface area contributed by atoms with E-state index in [0.717, 1.165) is 0 Å². The number of carboxylic acid groups (broad SMARTS) is 1. The third kappa shape index (κ3) is 3.81. The van der Waals surface area contributed by atoms with Crippen LogP contribution in [-0.2, 0) is 4.79 Å². The predicted molar refractivity (Wildman–Crippen MR) is 79.9 cm³/mol. The van der Waals surface area contributed by atoms with Crippen LogP contribution in [0.2, 0.25) is 0 Å². The van der Waals surface area contributed by atoms with Crippen molar-refractivity contribution in [2.45, 2.75) is 13.3 Å². The van der Waals surface area contributed by atoms with Gasteiger partial charge in [-0.05, 0) is 18.6 Å². The Morgan fingerprint density at radius 2 is 1.73 bits per heavy atom. The molecule has 1 amide bonds. The van der Waals surface area contributed by atoms with Crippen molar-refractivity contribution >= 4 is 11.9 Å². The number of hydrogen-bond donors (Lipinski definition) is 1. The highest BCUT2D eigenvalue weighted by atomic mass is 16.5. The lowest BCUT2D eigenvalue weighted by atomic mass is 10.1. The fourth-order valence-corrected chi connectivity index (χ4v) is 2.13. The van der Waals surface area contributed by atoms with Gasteiger partial charge in [0.05, 0.1) is 26.9 Å². The first-order valence-electron chi connectivity index (χ1n) is 6.80. The van der Waals surface area contributed by atoms with Gasteiger partial charge in [-0.25, -0.2) is 0 Å². The Bertz CT molecular complexity index is 543. The van der Waals surface area contributed by atoms with E-state index in [4.69, 9.17) is 19.3 Å².